The van der Waals surface area contributed by atoms with Gasteiger partial charge in [-0.25, -0.2) is 18.4 Å². The molecular formula is C8H12IN3O2S. The van der Waals surface area contributed by atoms with Gasteiger partial charge in [0.15, 0.2) is 0 Å². The van der Waals surface area contributed by atoms with Crippen LogP contribution >= 0.6 is 22.6 Å². The number of sulfone groups is 1. The molecule has 1 aromatic heterocycles. The van der Waals surface area contributed by atoms with Gasteiger partial charge in [-0.05, 0) is 29.0 Å². The molecule has 1 heterocycles. The van der Waals surface area contributed by atoms with Crippen LogP contribution in [-0.2, 0) is 9.84 Å². The fourth-order valence-electron chi connectivity index (χ4n) is 0.938. The summed E-state index contributed by atoms with van der Waals surface area (Å²) < 4.78 is 22.6. The Balaban J connectivity index is 2.29. The SMILES string of the molecule is CS(=O)(=O)CCCNc1ncc(I)cn1. The highest BCUT2D eigenvalue weighted by atomic mass is 127. The molecular weight excluding hydrogens is 329 g/mol. The summed E-state index contributed by atoms with van der Waals surface area (Å²) in [6.07, 6.45) is 5.20. The summed E-state index contributed by atoms with van der Waals surface area (Å²) in [5.41, 5.74) is 0. The fraction of sp³-hybridized carbons (Fsp3) is 0.500. The first-order valence-electron chi connectivity index (χ1n) is 4.36. The number of hydrogen-bond acceptors (Lipinski definition) is 5. The largest absolute Gasteiger partial charge is 0.354 e. The predicted molar refractivity (Wildman–Crippen MR) is 67.6 cm³/mol. The third-order valence-electron chi connectivity index (χ3n) is 1.60. The molecule has 84 valence electrons. The number of aromatic nitrogens is 2. The average Bonchev–Trinajstić information content (AvgIpc) is 2.14. The number of nitrogens with one attached hydrogen (secondary N) is 1. The van der Waals surface area contributed by atoms with Crippen LogP contribution in [0.1, 0.15) is 6.42 Å². The molecule has 0 atom stereocenters. The summed E-state index contributed by atoms with van der Waals surface area (Å²) in [6, 6.07) is 0. The highest BCUT2D eigenvalue weighted by Crippen LogP contribution is 2.02. The van der Waals surface area contributed by atoms with Crippen molar-refractivity contribution in [2.45, 2.75) is 6.42 Å². The van der Waals surface area contributed by atoms with Gasteiger partial charge in [0.2, 0.25) is 5.95 Å². The van der Waals surface area contributed by atoms with Crippen LogP contribution in [0.2, 0.25) is 0 Å². The van der Waals surface area contributed by atoms with Crippen molar-refractivity contribution >= 4 is 38.4 Å². The monoisotopic (exact) mass is 341 g/mol. The van der Waals surface area contributed by atoms with Crippen molar-refractivity contribution in [3.63, 3.8) is 0 Å². The lowest BCUT2D eigenvalue weighted by atomic mass is 10.5. The van der Waals surface area contributed by atoms with E-state index < -0.39 is 9.84 Å². The van der Waals surface area contributed by atoms with Crippen LogP contribution < -0.4 is 5.32 Å². The molecule has 0 aliphatic heterocycles. The third kappa shape index (κ3) is 5.88. The van der Waals surface area contributed by atoms with Crippen LogP contribution in [0.3, 0.4) is 0 Å². The molecule has 5 nitrogen and oxygen atoms in total. The van der Waals surface area contributed by atoms with Crippen molar-refractivity contribution in [1.29, 1.82) is 0 Å². The predicted octanol–water partition coefficient (Wildman–Crippen LogP) is 0.928. The number of hydrogen-bond donors (Lipinski definition) is 1. The lowest BCUT2D eigenvalue weighted by molar-refractivity contribution is 0.600. The molecule has 0 aliphatic rings. The van der Waals surface area contributed by atoms with E-state index >= 15 is 0 Å². The van der Waals surface area contributed by atoms with Gasteiger partial charge in [-0.15, -0.1) is 0 Å². The molecule has 1 N–H and O–H groups in total. The van der Waals surface area contributed by atoms with Crippen molar-refractivity contribution in [2.24, 2.45) is 0 Å². The van der Waals surface area contributed by atoms with E-state index in [2.05, 4.69) is 37.9 Å². The first-order valence-corrected chi connectivity index (χ1v) is 7.50. The average molecular weight is 341 g/mol. The van der Waals surface area contributed by atoms with E-state index in [0.29, 0.717) is 18.9 Å². The Morgan fingerprint density at radius 2 is 2.00 bits per heavy atom. The number of rotatable bonds is 5. The highest BCUT2D eigenvalue weighted by Gasteiger charge is 2.01. The van der Waals surface area contributed by atoms with Gasteiger partial charge in [0, 0.05) is 28.8 Å². The number of nitrogens with zero attached hydrogens (tertiary/aromatic N) is 2. The Morgan fingerprint density at radius 3 is 2.53 bits per heavy atom. The molecule has 0 spiro atoms. The van der Waals surface area contributed by atoms with Crippen LogP contribution in [0.25, 0.3) is 0 Å². The maximum Gasteiger partial charge on any atom is 0.222 e. The molecule has 0 bridgehead atoms. The van der Waals surface area contributed by atoms with E-state index in [1.165, 1.54) is 6.26 Å². The second-order valence-electron chi connectivity index (χ2n) is 3.14. The van der Waals surface area contributed by atoms with E-state index in [1.807, 2.05) is 0 Å². The van der Waals surface area contributed by atoms with Gasteiger partial charge in [-0.2, -0.15) is 0 Å². The van der Waals surface area contributed by atoms with Crippen LogP contribution in [0.5, 0.6) is 0 Å². The van der Waals surface area contributed by atoms with Crippen molar-refractivity contribution in [2.75, 3.05) is 23.9 Å². The summed E-state index contributed by atoms with van der Waals surface area (Å²) in [5.74, 6) is 0.716. The minimum Gasteiger partial charge on any atom is -0.354 e. The Kier molecular flexibility index (Phi) is 4.71. The normalized spacial score (nSPS) is 11.3. The molecule has 0 aromatic carbocycles. The number of anilines is 1. The molecule has 0 radical (unpaired) electrons. The Morgan fingerprint density at radius 1 is 1.40 bits per heavy atom. The van der Waals surface area contributed by atoms with E-state index in [4.69, 9.17) is 0 Å². The molecule has 0 amide bonds. The molecule has 0 fully saturated rings. The molecule has 0 saturated carbocycles. The van der Waals surface area contributed by atoms with Crippen molar-refractivity contribution < 1.29 is 8.42 Å². The van der Waals surface area contributed by atoms with Gasteiger partial charge >= 0.3 is 0 Å². The maximum absolute atomic E-state index is 10.8. The van der Waals surface area contributed by atoms with Crippen LogP contribution in [0, 0.1) is 3.57 Å². The summed E-state index contributed by atoms with van der Waals surface area (Å²) >= 11 is 2.12. The number of halogens is 1. The molecule has 0 aliphatic carbocycles. The van der Waals surface area contributed by atoms with Crippen molar-refractivity contribution in [3.8, 4) is 0 Å². The molecule has 15 heavy (non-hydrogen) atoms. The maximum atomic E-state index is 10.8. The lowest BCUT2D eigenvalue weighted by Gasteiger charge is -2.03. The minimum absolute atomic E-state index is 0.185. The first kappa shape index (κ1) is 12.6. The summed E-state index contributed by atoms with van der Waals surface area (Å²) in [6.45, 7) is 0.563. The zero-order chi connectivity index (χ0) is 11.3. The second kappa shape index (κ2) is 5.59. The van der Waals surface area contributed by atoms with E-state index in [1.54, 1.807) is 12.4 Å². The van der Waals surface area contributed by atoms with Gasteiger partial charge in [0.25, 0.3) is 0 Å². The summed E-state index contributed by atoms with van der Waals surface area (Å²) in [4.78, 5) is 8.07. The minimum atomic E-state index is -2.87. The van der Waals surface area contributed by atoms with Crippen molar-refractivity contribution in [3.05, 3.63) is 16.0 Å². The zero-order valence-electron chi connectivity index (χ0n) is 8.27. The van der Waals surface area contributed by atoms with Gasteiger partial charge in [0.1, 0.15) is 9.84 Å². The van der Waals surface area contributed by atoms with Gasteiger partial charge in [-0.1, -0.05) is 0 Å². The Labute approximate surface area is 103 Å². The second-order valence-corrected chi connectivity index (χ2v) is 6.64. The smallest absolute Gasteiger partial charge is 0.222 e. The van der Waals surface area contributed by atoms with Gasteiger partial charge in [0.05, 0.1) is 5.75 Å². The quantitative estimate of drug-likeness (QED) is 0.637. The molecule has 1 rings (SSSR count). The van der Waals surface area contributed by atoms with Gasteiger partial charge in [-0.3, -0.25) is 0 Å². The van der Waals surface area contributed by atoms with E-state index in [9.17, 15) is 8.42 Å². The Bertz CT molecular complexity index is 404. The fourth-order valence-corrected chi connectivity index (χ4v) is 1.89. The highest BCUT2D eigenvalue weighted by molar-refractivity contribution is 14.1. The Hall–Kier alpha value is -0.440. The zero-order valence-corrected chi connectivity index (χ0v) is 11.2. The van der Waals surface area contributed by atoms with Crippen molar-refractivity contribution in [1.82, 2.24) is 9.97 Å². The van der Waals surface area contributed by atoms with Gasteiger partial charge < -0.3 is 5.32 Å². The molecule has 1 aromatic rings. The van der Waals surface area contributed by atoms with Crippen LogP contribution in [0.4, 0.5) is 5.95 Å². The summed E-state index contributed by atoms with van der Waals surface area (Å²) in [5, 5.41) is 2.95. The summed E-state index contributed by atoms with van der Waals surface area (Å²) in [7, 11) is -2.87. The lowest BCUT2D eigenvalue weighted by Crippen LogP contribution is -2.11. The standard InChI is InChI=1S/C8H12IN3O2S/c1-15(13,14)4-2-3-10-8-11-5-7(9)6-12-8/h5-6H,2-4H2,1H3,(H,10,11,12). The topological polar surface area (TPSA) is 72.0 Å². The molecule has 0 unspecified atom stereocenters. The molecule has 7 heteroatoms. The van der Waals surface area contributed by atoms with Crippen LogP contribution in [0.15, 0.2) is 12.4 Å². The first-order chi connectivity index (χ1) is 6.97. The third-order valence-corrected chi connectivity index (χ3v) is 3.18. The molecule has 0 saturated heterocycles. The van der Waals surface area contributed by atoms with E-state index in [0.717, 1.165) is 3.57 Å². The van der Waals surface area contributed by atoms with E-state index in [-0.39, 0.29) is 5.75 Å². The van der Waals surface area contributed by atoms with Crippen LogP contribution in [-0.4, -0.2) is 36.9 Å².